The summed E-state index contributed by atoms with van der Waals surface area (Å²) in [5, 5.41) is -0.792. The Morgan fingerprint density at radius 1 is 1.12 bits per heavy atom. The number of rotatable bonds is 2. The third-order valence-electron chi connectivity index (χ3n) is 5.07. The maximum atomic E-state index is 14.7. The lowest BCUT2D eigenvalue weighted by Crippen LogP contribution is -2.47. The molecule has 11 heteroatoms. The van der Waals surface area contributed by atoms with Gasteiger partial charge in [-0.2, -0.15) is 13.2 Å². The third kappa shape index (κ3) is 3.55. The lowest BCUT2D eigenvalue weighted by molar-refractivity contribution is -0.137. The largest absolute Gasteiger partial charge is 0.417 e. The van der Waals surface area contributed by atoms with Gasteiger partial charge in [-0.25, -0.2) is 13.8 Å². The Hall–Kier alpha value is -2.59. The third-order valence-corrected chi connectivity index (χ3v) is 6.14. The lowest BCUT2D eigenvalue weighted by atomic mass is 9.96. The van der Waals surface area contributed by atoms with E-state index in [1.54, 1.807) is 6.92 Å². The number of aliphatic imine (C=N–C) groups is 2. The van der Waals surface area contributed by atoms with Crippen LogP contribution < -0.4 is 4.90 Å². The second-order valence-electron chi connectivity index (χ2n) is 7.02. The number of fused-ring (bicyclic) bond motifs is 3. The van der Waals surface area contributed by atoms with Crippen molar-refractivity contribution < 1.29 is 26.7 Å². The molecule has 2 aromatic carbocycles. The number of amidine groups is 1. The number of hydrogen-bond donors (Lipinski definition) is 0. The molecule has 32 heavy (non-hydrogen) atoms. The Bertz CT molecular complexity index is 1200. The number of carbonyl (C=O) groups excluding carboxylic acids is 1. The molecule has 0 radical (unpaired) electrons. The highest BCUT2D eigenvalue weighted by Gasteiger charge is 2.41. The zero-order valence-electron chi connectivity index (χ0n) is 16.1. The Labute approximate surface area is 192 Å². The summed E-state index contributed by atoms with van der Waals surface area (Å²) in [7, 11) is 0. The first-order valence-corrected chi connectivity index (χ1v) is 10.3. The number of nitrogens with zero attached hydrogens (tertiary/aromatic N) is 3. The zero-order valence-corrected chi connectivity index (χ0v) is 18.4. The van der Waals surface area contributed by atoms with Crippen LogP contribution in [0.1, 0.15) is 23.6 Å². The number of aldehydes is 1. The van der Waals surface area contributed by atoms with Gasteiger partial charge in [-0.05, 0) is 31.2 Å². The number of hydrogen-bond acceptors (Lipinski definition) is 4. The van der Waals surface area contributed by atoms with Crippen LogP contribution in [0, 0.1) is 11.6 Å². The maximum absolute atomic E-state index is 14.7. The topological polar surface area (TPSA) is 45.0 Å². The molecule has 0 fully saturated rings. The van der Waals surface area contributed by atoms with Gasteiger partial charge in [0.25, 0.3) is 0 Å². The molecule has 2 atom stereocenters. The average Bonchev–Trinajstić information content (AvgIpc) is 2.83. The molecular weight excluding hydrogens is 521 g/mol. The van der Waals surface area contributed by atoms with Crippen LogP contribution >= 0.6 is 27.5 Å². The molecule has 0 N–H and O–H groups in total. The van der Waals surface area contributed by atoms with Gasteiger partial charge in [0.15, 0.2) is 0 Å². The van der Waals surface area contributed by atoms with Crippen molar-refractivity contribution in [2.24, 2.45) is 9.98 Å². The van der Waals surface area contributed by atoms with Gasteiger partial charge in [0.05, 0.1) is 27.5 Å². The molecule has 2 heterocycles. The van der Waals surface area contributed by atoms with Crippen molar-refractivity contribution in [2.45, 2.75) is 25.2 Å². The van der Waals surface area contributed by atoms with E-state index in [-0.39, 0.29) is 17.1 Å². The summed E-state index contributed by atoms with van der Waals surface area (Å²) in [5.74, 6) is -1.85. The highest BCUT2D eigenvalue weighted by Crippen LogP contribution is 2.44. The van der Waals surface area contributed by atoms with Crippen molar-refractivity contribution in [1.29, 1.82) is 0 Å². The highest BCUT2D eigenvalue weighted by molar-refractivity contribution is 9.11. The van der Waals surface area contributed by atoms with Crippen LogP contribution in [0.4, 0.5) is 27.6 Å². The monoisotopic (exact) mass is 531 g/mol. The molecule has 4 rings (SSSR count). The molecule has 0 saturated carbocycles. The molecule has 166 valence electrons. The minimum atomic E-state index is -4.84. The van der Waals surface area contributed by atoms with Crippen LogP contribution in [-0.4, -0.2) is 29.9 Å². The highest BCUT2D eigenvalue weighted by atomic mass is 79.9. The summed E-state index contributed by atoms with van der Waals surface area (Å²) >= 11 is 9.45. The van der Waals surface area contributed by atoms with E-state index in [0.717, 1.165) is 30.3 Å². The van der Waals surface area contributed by atoms with Crippen molar-refractivity contribution >= 4 is 51.1 Å². The zero-order chi connectivity index (χ0) is 23.4. The van der Waals surface area contributed by atoms with Crippen molar-refractivity contribution in [1.82, 2.24) is 0 Å². The van der Waals surface area contributed by atoms with E-state index in [2.05, 4.69) is 25.9 Å². The Morgan fingerprint density at radius 2 is 1.78 bits per heavy atom. The molecule has 2 aliphatic rings. The fourth-order valence-electron chi connectivity index (χ4n) is 3.68. The predicted molar refractivity (Wildman–Crippen MR) is 115 cm³/mol. The summed E-state index contributed by atoms with van der Waals surface area (Å²) in [6.07, 6.45) is -2.91. The van der Waals surface area contributed by atoms with Crippen molar-refractivity contribution in [3.63, 3.8) is 0 Å². The van der Waals surface area contributed by atoms with E-state index in [0.29, 0.717) is 10.8 Å². The predicted octanol–water partition coefficient (Wildman–Crippen LogP) is 5.90. The normalized spacial score (nSPS) is 20.5. The molecule has 2 aliphatic heterocycles. The molecular formula is C21H12BrClF5N3O. The van der Waals surface area contributed by atoms with Crippen LogP contribution in [0.25, 0.3) is 0 Å². The summed E-state index contributed by atoms with van der Waals surface area (Å²) in [4.78, 5) is 21.8. The second-order valence-corrected chi connectivity index (χ2v) is 8.32. The summed E-state index contributed by atoms with van der Waals surface area (Å²) < 4.78 is 70.7. The number of halogens is 7. The van der Waals surface area contributed by atoms with E-state index in [9.17, 15) is 26.7 Å². The van der Waals surface area contributed by atoms with Gasteiger partial charge in [0.1, 0.15) is 35.8 Å². The van der Waals surface area contributed by atoms with Gasteiger partial charge >= 0.3 is 6.18 Å². The second kappa shape index (κ2) is 8.08. The average molecular weight is 533 g/mol. The van der Waals surface area contributed by atoms with Gasteiger partial charge in [-0.15, -0.1) is 0 Å². The van der Waals surface area contributed by atoms with Crippen LogP contribution in [0.2, 0.25) is 5.02 Å². The van der Waals surface area contributed by atoms with E-state index < -0.39 is 51.8 Å². The summed E-state index contributed by atoms with van der Waals surface area (Å²) in [6.45, 7) is 1.55. The van der Waals surface area contributed by atoms with Gasteiger partial charge in [0.2, 0.25) is 0 Å². The Balaban J connectivity index is 2.13. The van der Waals surface area contributed by atoms with Crippen LogP contribution in [-0.2, 0) is 11.0 Å². The standard InChI is InChI=1S/C21H12BrClF5N3O/c1-9-20-29-7-11(22)15(8-32)31(20)14-6-5-10(21(26,27)28)18(23)17(14)19(30-9)16-12(24)3-2-4-13(16)25/h2-9,15H,1H3. The number of anilines is 1. The molecule has 2 aromatic rings. The van der Waals surface area contributed by atoms with E-state index >= 15 is 0 Å². The molecule has 2 unspecified atom stereocenters. The molecule has 0 bridgehead atoms. The van der Waals surface area contributed by atoms with E-state index in [4.69, 9.17) is 11.6 Å². The molecule has 0 spiro atoms. The minimum absolute atomic E-state index is 0.00894. The smallest absolute Gasteiger partial charge is 0.312 e. The Morgan fingerprint density at radius 3 is 2.38 bits per heavy atom. The van der Waals surface area contributed by atoms with E-state index in [1.807, 2.05) is 0 Å². The first-order chi connectivity index (χ1) is 15.1. The van der Waals surface area contributed by atoms with Crippen LogP contribution in [0.5, 0.6) is 0 Å². The quantitative estimate of drug-likeness (QED) is 0.357. The molecule has 0 amide bonds. The van der Waals surface area contributed by atoms with Crippen molar-refractivity contribution in [2.75, 3.05) is 4.90 Å². The van der Waals surface area contributed by atoms with Crippen LogP contribution in [0.3, 0.4) is 0 Å². The molecule has 4 nitrogen and oxygen atoms in total. The SMILES string of the molecule is CC1N=C(c2c(F)cccc2F)c2c(ccc(C(F)(F)F)c2Cl)N2C1=NC=C(Br)C2C=O. The summed E-state index contributed by atoms with van der Waals surface area (Å²) in [6, 6.07) is 3.04. The number of carbonyl (C=O) groups is 1. The summed E-state index contributed by atoms with van der Waals surface area (Å²) in [5.41, 5.74) is -2.58. The van der Waals surface area contributed by atoms with Crippen LogP contribution in [0.15, 0.2) is 51.0 Å². The van der Waals surface area contributed by atoms with Gasteiger partial charge in [-0.1, -0.05) is 33.6 Å². The Kier molecular flexibility index (Phi) is 5.70. The fourth-order valence-corrected chi connectivity index (χ4v) is 4.45. The van der Waals surface area contributed by atoms with Gasteiger partial charge in [-0.3, -0.25) is 4.99 Å². The first kappa shape index (κ1) is 22.6. The molecule has 0 aromatic heterocycles. The molecule has 0 saturated heterocycles. The van der Waals surface area contributed by atoms with Gasteiger partial charge < -0.3 is 9.69 Å². The minimum Gasteiger partial charge on any atom is -0.312 e. The van der Waals surface area contributed by atoms with Crippen molar-refractivity contribution in [3.8, 4) is 0 Å². The maximum Gasteiger partial charge on any atom is 0.417 e. The van der Waals surface area contributed by atoms with Crippen molar-refractivity contribution in [3.05, 3.63) is 74.4 Å². The molecule has 0 aliphatic carbocycles. The number of benzene rings is 2. The fraction of sp³-hybridized carbons (Fsp3) is 0.190. The number of alkyl halides is 3. The lowest BCUT2D eigenvalue weighted by Gasteiger charge is -2.34. The van der Waals surface area contributed by atoms with Gasteiger partial charge in [0, 0.05) is 16.2 Å². The first-order valence-electron chi connectivity index (χ1n) is 9.16. The van der Waals surface area contributed by atoms with E-state index in [1.165, 1.54) is 11.1 Å².